The maximum Gasteiger partial charge on any atom is 0.244 e. The van der Waals surface area contributed by atoms with Crippen LogP contribution in [0.15, 0.2) is 59.6 Å². The minimum absolute atomic E-state index is 0.0682. The summed E-state index contributed by atoms with van der Waals surface area (Å²) in [7, 11) is -3.69. The van der Waals surface area contributed by atoms with Crippen LogP contribution in [0.4, 0.5) is 21.8 Å². The molecule has 0 bridgehead atoms. The molecule has 0 aliphatic heterocycles. The smallest absolute Gasteiger partial charge is 0.244 e. The third-order valence-electron chi connectivity index (χ3n) is 3.64. The molecule has 0 aliphatic rings. The van der Waals surface area contributed by atoms with Crippen LogP contribution in [-0.2, 0) is 16.4 Å². The Morgan fingerprint density at radius 3 is 2.52 bits per heavy atom. The number of benzene rings is 2. The quantitative estimate of drug-likeness (QED) is 0.566. The lowest BCUT2D eigenvalue weighted by Gasteiger charge is -2.08. The Bertz CT molecular complexity index is 1030. The largest absolute Gasteiger partial charge is 0.353 e. The topological polar surface area (TPSA) is 123 Å². The van der Waals surface area contributed by atoms with Crippen LogP contribution >= 0.6 is 0 Å². The van der Waals surface area contributed by atoms with Gasteiger partial charge >= 0.3 is 0 Å². The molecule has 0 amide bonds. The van der Waals surface area contributed by atoms with Crippen LogP contribution < -0.4 is 15.8 Å². The zero-order chi connectivity index (χ0) is 19.3. The third-order valence-corrected chi connectivity index (χ3v) is 4.57. The van der Waals surface area contributed by atoms with E-state index in [4.69, 9.17) is 5.14 Å². The van der Waals surface area contributed by atoms with Crippen LogP contribution in [0, 0.1) is 5.82 Å². The van der Waals surface area contributed by atoms with E-state index in [0.29, 0.717) is 24.5 Å². The van der Waals surface area contributed by atoms with Crippen molar-refractivity contribution < 1.29 is 12.8 Å². The van der Waals surface area contributed by atoms with Crippen LogP contribution in [0.25, 0.3) is 0 Å². The second kappa shape index (κ2) is 8.06. The Hall–Kier alpha value is -3.11. The fraction of sp³-hybridized carbons (Fsp3) is 0.118. The zero-order valence-electron chi connectivity index (χ0n) is 14.1. The number of hydrogen-bond donors (Lipinski definition) is 3. The van der Waals surface area contributed by atoms with E-state index in [1.54, 1.807) is 30.3 Å². The van der Waals surface area contributed by atoms with Gasteiger partial charge in [0.25, 0.3) is 0 Å². The van der Waals surface area contributed by atoms with E-state index in [2.05, 4.69) is 25.8 Å². The van der Waals surface area contributed by atoms with Gasteiger partial charge < -0.3 is 10.6 Å². The van der Waals surface area contributed by atoms with Gasteiger partial charge in [-0.2, -0.15) is 10.1 Å². The zero-order valence-corrected chi connectivity index (χ0v) is 14.9. The summed E-state index contributed by atoms with van der Waals surface area (Å²) in [5.41, 5.74) is 1.21. The third kappa shape index (κ3) is 5.19. The number of halogens is 1. The molecular weight excluding hydrogens is 371 g/mol. The van der Waals surface area contributed by atoms with Gasteiger partial charge in [-0.3, -0.25) is 0 Å². The molecule has 0 aliphatic carbocycles. The van der Waals surface area contributed by atoms with E-state index in [1.165, 1.54) is 24.4 Å². The van der Waals surface area contributed by atoms with Crippen molar-refractivity contribution in [3.63, 3.8) is 0 Å². The molecule has 10 heteroatoms. The Balaban J connectivity index is 1.58. The highest BCUT2D eigenvalue weighted by atomic mass is 32.2. The van der Waals surface area contributed by atoms with E-state index in [0.717, 1.165) is 5.56 Å². The highest BCUT2D eigenvalue weighted by molar-refractivity contribution is 7.89. The van der Waals surface area contributed by atoms with Crippen molar-refractivity contribution in [3.8, 4) is 0 Å². The van der Waals surface area contributed by atoms with Crippen molar-refractivity contribution in [3.05, 3.63) is 66.1 Å². The van der Waals surface area contributed by atoms with E-state index < -0.39 is 15.8 Å². The summed E-state index contributed by atoms with van der Waals surface area (Å²) >= 11 is 0. The summed E-state index contributed by atoms with van der Waals surface area (Å²) < 4.78 is 36.2. The lowest BCUT2D eigenvalue weighted by atomic mass is 10.1. The van der Waals surface area contributed by atoms with Crippen LogP contribution in [0.2, 0.25) is 0 Å². The molecule has 27 heavy (non-hydrogen) atoms. The minimum atomic E-state index is -3.69. The molecule has 2 aromatic carbocycles. The summed E-state index contributed by atoms with van der Waals surface area (Å²) in [5, 5.41) is 18.6. The summed E-state index contributed by atoms with van der Waals surface area (Å²) in [5.74, 6) is 0.251. The number of sulfonamides is 1. The number of anilines is 3. The summed E-state index contributed by atoms with van der Waals surface area (Å²) in [6.07, 6.45) is 2.00. The first-order chi connectivity index (χ1) is 12.9. The number of nitrogens with one attached hydrogen (secondary N) is 2. The first-order valence-electron chi connectivity index (χ1n) is 7.99. The molecule has 3 aromatic rings. The second-order valence-electron chi connectivity index (χ2n) is 5.64. The molecule has 0 atom stereocenters. The van der Waals surface area contributed by atoms with Crippen molar-refractivity contribution in [2.45, 2.75) is 11.3 Å². The lowest BCUT2D eigenvalue weighted by Crippen LogP contribution is -2.12. The average molecular weight is 388 g/mol. The number of nitrogens with two attached hydrogens (primary N) is 1. The molecule has 3 rings (SSSR count). The maximum atomic E-state index is 13.7. The maximum absolute atomic E-state index is 13.7. The fourth-order valence-corrected chi connectivity index (χ4v) is 2.82. The van der Waals surface area contributed by atoms with Crippen molar-refractivity contribution >= 4 is 27.5 Å². The van der Waals surface area contributed by atoms with Gasteiger partial charge in [-0.15, -0.1) is 5.10 Å². The SMILES string of the molecule is NS(=O)(=O)c1ccc(CCNc2nncc(Nc3ccccc3F)n2)cc1. The Kier molecular flexibility index (Phi) is 5.57. The molecule has 0 unspecified atom stereocenters. The molecule has 1 aromatic heterocycles. The van der Waals surface area contributed by atoms with E-state index in [-0.39, 0.29) is 10.8 Å². The Morgan fingerprint density at radius 2 is 1.81 bits per heavy atom. The summed E-state index contributed by atoms with van der Waals surface area (Å²) in [6, 6.07) is 12.5. The second-order valence-corrected chi connectivity index (χ2v) is 7.20. The molecule has 0 spiro atoms. The van der Waals surface area contributed by atoms with Crippen LogP contribution in [0.5, 0.6) is 0 Å². The number of hydrogen-bond acceptors (Lipinski definition) is 7. The number of aromatic nitrogens is 3. The number of nitrogens with zero attached hydrogens (tertiary/aromatic N) is 3. The van der Waals surface area contributed by atoms with Gasteiger partial charge in [0.15, 0.2) is 5.82 Å². The van der Waals surface area contributed by atoms with Gasteiger partial charge in [-0.1, -0.05) is 24.3 Å². The Morgan fingerprint density at radius 1 is 1.07 bits per heavy atom. The predicted molar refractivity (Wildman–Crippen MR) is 99.5 cm³/mol. The molecule has 140 valence electrons. The van der Waals surface area contributed by atoms with Crippen LogP contribution in [-0.4, -0.2) is 30.1 Å². The van der Waals surface area contributed by atoms with Gasteiger partial charge in [-0.25, -0.2) is 17.9 Å². The summed E-state index contributed by atoms with van der Waals surface area (Å²) in [4.78, 5) is 4.30. The van der Waals surface area contributed by atoms with Gasteiger partial charge in [0, 0.05) is 6.54 Å². The van der Waals surface area contributed by atoms with Crippen molar-refractivity contribution in [2.24, 2.45) is 5.14 Å². The van der Waals surface area contributed by atoms with Gasteiger partial charge in [-0.05, 0) is 36.2 Å². The van der Waals surface area contributed by atoms with E-state index in [9.17, 15) is 12.8 Å². The van der Waals surface area contributed by atoms with E-state index >= 15 is 0 Å². The average Bonchev–Trinajstić information content (AvgIpc) is 2.64. The molecule has 0 saturated heterocycles. The first kappa shape index (κ1) is 18.7. The molecule has 0 saturated carbocycles. The van der Waals surface area contributed by atoms with Gasteiger partial charge in [0.1, 0.15) is 5.82 Å². The predicted octanol–water partition coefficient (Wildman–Crippen LogP) is 2.06. The van der Waals surface area contributed by atoms with Crippen LogP contribution in [0.3, 0.4) is 0 Å². The van der Waals surface area contributed by atoms with Gasteiger partial charge in [0.2, 0.25) is 16.0 Å². The molecule has 0 fully saturated rings. The number of para-hydroxylation sites is 1. The molecule has 1 heterocycles. The molecule has 8 nitrogen and oxygen atoms in total. The minimum Gasteiger partial charge on any atom is -0.353 e. The van der Waals surface area contributed by atoms with Crippen LogP contribution in [0.1, 0.15) is 5.56 Å². The lowest BCUT2D eigenvalue weighted by molar-refractivity contribution is 0.597. The monoisotopic (exact) mass is 388 g/mol. The highest BCUT2D eigenvalue weighted by Crippen LogP contribution is 2.17. The van der Waals surface area contributed by atoms with Crippen molar-refractivity contribution in [1.82, 2.24) is 15.2 Å². The van der Waals surface area contributed by atoms with E-state index in [1.807, 2.05) is 0 Å². The highest BCUT2D eigenvalue weighted by Gasteiger charge is 2.07. The molecule has 4 N–H and O–H groups in total. The number of rotatable bonds is 7. The Labute approximate surface area is 155 Å². The fourth-order valence-electron chi connectivity index (χ4n) is 2.30. The summed E-state index contributed by atoms with van der Waals surface area (Å²) in [6.45, 7) is 0.500. The van der Waals surface area contributed by atoms with Crippen molar-refractivity contribution in [1.29, 1.82) is 0 Å². The number of primary sulfonamides is 1. The molecule has 0 radical (unpaired) electrons. The first-order valence-corrected chi connectivity index (χ1v) is 9.53. The standard InChI is InChI=1S/C17H17FN6O2S/c18-14-3-1-2-4-15(14)22-16-11-21-24-17(23-16)20-10-9-12-5-7-13(8-6-12)27(19,25)26/h1-8,11H,9-10H2,(H2,19,25,26)(H2,20,22,23,24). The van der Waals surface area contributed by atoms with Crippen molar-refractivity contribution in [2.75, 3.05) is 17.2 Å². The van der Waals surface area contributed by atoms with Gasteiger partial charge in [0.05, 0.1) is 16.8 Å². The molecular formula is C17H17FN6O2S. The normalized spacial score (nSPS) is 11.2.